The lowest BCUT2D eigenvalue weighted by molar-refractivity contribution is 0.588. The van der Waals surface area contributed by atoms with Gasteiger partial charge in [-0.3, -0.25) is 0 Å². The Morgan fingerprint density at radius 3 is 2.80 bits per heavy atom. The summed E-state index contributed by atoms with van der Waals surface area (Å²) < 4.78 is 18.2. The van der Waals surface area contributed by atoms with Gasteiger partial charge in [0.1, 0.15) is 5.82 Å². The van der Waals surface area contributed by atoms with Crippen LogP contribution in [-0.4, -0.2) is 10.2 Å². The maximum absolute atomic E-state index is 13.4. The summed E-state index contributed by atoms with van der Waals surface area (Å²) in [6.45, 7) is 1.77. The van der Waals surface area contributed by atoms with Crippen molar-refractivity contribution in [1.29, 1.82) is 0 Å². The highest BCUT2D eigenvalue weighted by Crippen LogP contribution is 2.22. The minimum absolute atomic E-state index is 0.0634. The molecule has 0 bridgehead atoms. The highest BCUT2D eigenvalue weighted by Gasteiger charge is 2.08. The molecular weight excluding hydrogens is 199 g/mol. The first-order chi connectivity index (χ1) is 7.16. The molecule has 0 aliphatic carbocycles. The second kappa shape index (κ2) is 3.56. The Balaban J connectivity index is 2.31. The Hall–Kier alpha value is -2.11. The predicted octanol–water partition coefficient (Wildman–Crippen LogP) is 1.84. The average Bonchev–Trinajstić information content (AvgIpc) is 2.58. The molecule has 1 aromatic heterocycles. The van der Waals surface area contributed by atoms with Gasteiger partial charge in [-0.1, -0.05) is 22.3 Å². The maximum Gasteiger partial charge on any atom is 0.321 e. The van der Waals surface area contributed by atoms with E-state index in [4.69, 9.17) is 10.2 Å². The van der Waals surface area contributed by atoms with Crippen molar-refractivity contribution in [1.82, 2.24) is 10.2 Å². The summed E-state index contributed by atoms with van der Waals surface area (Å²) in [4.78, 5) is 0. The van der Waals surface area contributed by atoms with Gasteiger partial charge in [0.25, 0.3) is 0 Å². The molecule has 0 aliphatic rings. The Morgan fingerprint density at radius 1 is 1.40 bits per heavy atom. The van der Waals surface area contributed by atoms with E-state index in [-0.39, 0.29) is 17.8 Å². The average molecular weight is 208 g/mol. The van der Waals surface area contributed by atoms with E-state index in [1.165, 1.54) is 6.07 Å². The number of nitrogens with two attached hydrogens (primary N) is 1. The molecule has 0 radical (unpaired) electrons. The van der Waals surface area contributed by atoms with Gasteiger partial charge in [-0.2, -0.15) is 0 Å². The minimum atomic E-state index is -0.383. The highest BCUT2D eigenvalue weighted by molar-refractivity contribution is 5.58. The van der Waals surface area contributed by atoms with Crippen molar-refractivity contribution in [3.63, 3.8) is 0 Å². The van der Waals surface area contributed by atoms with Crippen molar-refractivity contribution in [2.45, 2.75) is 6.92 Å². The number of aryl methyl sites for hydroxylation is 1. The lowest BCUT2D eigenvalue weighted by atomic mass is 10.2. The fourth-order valence-electron chi connectivity index (χ4n) is 1.18. The van der Waals surface area contributed by atoms with E-state index in [0.29, 0.717) is 5.69 Å². The first-order valence-electron chi connectivity index (χ1n) is 4.28. The summed E-state index contributed by atoms with van der Waals surface area (Å²) in [6.07, 6.45) is 0. The highest BCUT2D eigenvalue weighted by atomic mass is 19.1. The molecule has 5 nitrogen and oxygen atoms in total. The van der Waals surface area contributed by atoms with Crippen molar-refractivity contribution in [2.24, 2.45) is 0 Å². The van der Waals surface area contributed by atoms with Gasteiger partial charge < -0.3 is 15.5 Å². The summed E-state index contributed by atoms with van der Waals surface area (Å²) in [7, 11) is 0. The summed E-state index contributed by atoms with van der Waals surface area (Å²) in [5, 5.41) is 9.69. The third-order valence-corrected chi connectivity index (χ3v) is 1.89. The lowest BCUT2D eigenvalue weighted by Gasteiger charge is -2.05. The molecule has 78 valence electrons. The van der Waals surface area contributed by atoms with Gasteiger partial charge in [0.05, 0.1) is 5.69 Å². The number of nitrogens with zero attached hydrogens (tertiary/aromatic N) is 2. The third-order valence-electron chi connectivity index (χ3n) is 1.89. The second-order valence-electron chi connectivity index (χ2n) is 3.00. The van der Waals surface area contributed by atoms with Crippen LogP contribution in [0.15, 0.2) is 22.6 Å². The number of nitrogens with one attached hydrogen (secondary N) is 1. The van der Waals surface area contributed by atoms with E-state index in [0.717, 1.165) is 5.56 Å². The van der Waals surface area contributed by atoms with Gasteiger partial charge in [-0.05, 0) is 18.6 Å². The van der Waals surface area contributed by atoms with Crippen LogP contribution < -0.4 is 11.1 Å². The number of benzene rings is 1. The maximum atomic E-state index is 13.4. The quantitative estimate of drug-likeness (QED) is 0.787. The molecule has 0 atom stereocenters. The molecule has 0 spiro atoms. The Labute approximate surface area is 85.1 Å². The number of hydrogen-bond acceptors (Lipinski definition) is 5. The van der Waals surface area contributed by atoms with E-state index in [9.17, 15) is 4.39 Å². The monoisotopic (exact) mass is 208 g/mol. The summed E-state index contributed by atoms with van der Waals surface area (Å²) in [5.41, 5.74) is 6.28. The van der Waals surface area contributed by atoms with Gasteiger partial charge in [0.2, 0.25) is 0 Å². The topological polar surface area (TPSA) is 77.0 Å². The van der Waals surface area contributed by atoms with E-state index >= 15 is 0 Å². The van der Waals surface area contributed by atoms with Crippen molar-refractivity contribution in [2.75, 3.05) is 11.1 Å². The van der Waals surface area contributed by atoms with Crippen molar-refractivity contribution < 1.29 is 8.81 Å². The first kappa shape index (κ1) is 9.45. The van der Waals surface area contributed by atoms with Crippen LogP contribution in [0, 0.1) is 12.7 Å². The molecule has 6 heteroatoms. The Kier molecular flexibility index (Phi) is 2.24. The van der Waals surface area contributed by atoms with Crippen LogP contribution in [0.5, 0.6) is 0 Å². The number of rotatable bonds is 2. The molecule has 0 fully saturated rings. The van der Waals surface area contributed by atoms with Gasteiger partial charge in [-0.25, -0.2) is 4.39 Å². The molecule has 0 aliphatic heterocycles. The second-order valence-corrected chi connectivity index (χ2v) is 3.00. The normalized spacial score (nSPS) is 10.3. The molecule has 1 aromatic carbocycles. The zero-order chi connectivity index (χ0) is 10.8. The number of anilines is 3. The predicted molar refractivity (Wildman–Crippen MR) is 53.1 cm³/mol. The lowest BCUT2D eigenvalue weighted by Crippen LogP contribution is -1.96. The molecule has 0 unspecified atom stereocenters. The van der Waals surface area contributed by atoms with Crippen molar-refractivity contribution in [3.8, 4) is 0 Å². The smallest absolute Gasteiger partial charge is 0.321 e. The molecule has 0 saturated heterocycles. The number of nitrogen functional groups attached to an aromatic ring is 1. The molecule has 3 N–H and O–H groups in total. The van der Waals surface area contributed by atoms with Gasteiger partial charge in [-0.15, -0.1) is 0 Å². The standard InChI is InChI=1S/C9H9FN4O/c1-5-3-2-4-6(10)7(5)12-9-14-13-8(11)15-9/h2-4H,1H3,(H2,11,13)(H,12,14). The Bertz CT molecular complexity index is 462. The first-order valence-corrected chi connectivity index (χ1v) is 4.28. The van der Waals surface area contributed by atoms with Crippen LogP contribution in [0.25, 0.3) is 0 Å². The van der Waals surface area contributed by atoms with Gasteiger partial charge >= 0.3 is 12.0 Å². The molecular formula is C9H9FN4O. The largest absolute Gasteiger partial charge is 0.389 e. The summed E-state index contributed by atoms with van der Waals surface area (Å²) >= 11 is 0. The van der Waals surface area contributed by atoms with E-state index < -0.39 is 0 Å². The number of aromatic nitrogens is 2. The van der Waals surface area contributed by atoms with Crippen molar-refractivity contribution in [3.05, 3.63) is 29.6 Å². The zero-order valence-electron chi connectivity index (χ0n) is 7.99. The van der Waals surface area contributed by atoms with E-state index in [2.05, 4.69) is 15.5 Å². The van der Waals surface area contributed by atoms with Crippen LogP contribution >= 0.6 is 0 Å². The van der Waals surface area contributed by atoms with E-state index in [1.54, 1.807) is 19.1 Å². The molecule has 2 rings (SSSR count). The number of halogens is 1. The summed E-state index contributed by atoms with van der Waals surface area (Å²) in [5.74, 6) is -0.383. The fourth-order valence-corrected chi connectivity index (χ4v) is 1.18. The van der Waals surface area contributed by atoms with Gasteiger partial charge in [0.15, 0.2) is 0 Å². The molecule has 0 saturated carbocycles. The van der Waals surface area contributed by atoms with Crippen LogP contribution in [0.4, 0.5) is 22.1 Å². The molecule has 15 heavy (non-hydrogen) atoms. The summed E-state index contributed by atoms with van der Waals surface area (Å²) in [6, 6.07) is 4.74. The van der Waals surface area contributed by atoms with Crippen LogP contribution in [0.2, 0.25) is 0 Å². The molecule has 2 aromatic rings. The van der Waals surface area contributed by atoms with Crippen LogP contribution in [0.1, 0.15) is 5.56 Å². The fraction of sp³-hybridized carbons (Fsp3) is 0.111. The minimum Gasteiger partial charge on any atom is -0.389 e. The molecule has 0 amide bonds. The SMILES string of the molecule is Cc1cccc(F)c1Nc1nnc(N)o1. The Morgan fingerprint density at radius 2 is 2.20 bits per heavy atom. The van der Waals surface area contributed by atoms with Crippen molar-refractivity contribution >= 4 is 17.7 Å². The van der Waals surface area contributed by atoms with Crippen LogP contribution in [0.3, 0.4) is 0 Å². The van der Waals surface area contributed by atoms with Crippen LogP contribution in [-0.2, 0) is 0 Å². The number of para-hydroxylation sites is 1. The molecule has 1 heterocycles. The zero-order valence-corrected chi connectivity index (χ0v) is 7.99. The van der Waals surface area contributed by atoms with Gasteiger partial charge in [0, 0.05) is 0 Å². The third kappa shape index (κ3) is 1.88. The van der Waals surface area contributed by atoms with E-state index in [1.807, 2.05) is 0 Å². The number of hydrogen-bond donors (Lipinski definition) is 2.